The van der Waals surface area contributed by atoms with Crippen LogP contribution < -0.4 is 14.8 Å². The van der Waals surface area contributed by atoms with Crippen molar-refractivity contribution < 1.29 is 17.9 Å². The maximum Gasteiger partial charge on any atom is 0.262 e. The predicted molar refractivity (Wildman–Crippen MR) is 120 cm³/mol. The highest BCUT2D eigenvalue weighted by molar-refractivity contribution is 9.10. The van der Waals surface area contributed by atoms with Crippen LogP contribution in [0.25, 0.3) is 0 Å². The fourth-order valence-corrected chi connectivity index (χ4v) is 4.37. The topological polar surface area (TPSA) is 84.5 Å². The van der Waals surface area contributed by atoms with Gasteiger partial charge in [-0.05, 0) is 55.0 Å². The van der Waals surface area contributed by atoms with Crippen LogP contribution >= 0.6 is 15.9 Å². The first-order chi connectivity index (χ1) is 14.3. The van der Waals surface area contributed by atoms with Gasteiger partial charge in [-0.2, -0.15) is 0 Å². The van der Waals surface area contributed by atoms with E-state index in [0.29, 0.717) is 11.4 Å². The second kappa shape index (κ2) is 9.88. The van der Waals surface area contributed by atoms with Gasteiger partial charge in [0.2, 0.25) is 10.0 Å². The van der Waals surface area contributed by atoms with Gasteiger partial charge in [0.05, 0.1) is 4.90 Å². The van der Waals surface area contributed by atoms with Crippen molar-refractivity contribution in [2.75, 3.05) is 11.9 Å². The van der Waals surface area contributed by atoms with Crippen LogP contribution in [0.4, 0.5) is 5.69 Å². The Balaban J connectivity index is 1.56. The van der Waals surface area contributed by atoms with Gasteiger partial charge in [-0.25, -0.2) is 13.1 Å². The monoisotopic (exact) mass is 488 g/mol. The summed E-state index contributed by atoms with van der Waals surface area (Å²) in [6.45, 7) is 1.59. The van der Waals surface area contributed by atoms with E-state index in [1.54, 1.807) is 19.1 Å². The van der Waals surface area contributed by atoms with Gasteiger partial charge in [0.15, 0.2) is 6.61 Å². The average Bonchev–Trinajstić information content (AvgIpc) is 2.73. The molecule has 3 aromatic carbocycles. The molecule has 0 spiro atoms. The molecule has 0 aromatic heterocycles. The number of anilines is 1. The molecule has 0 unspecified atom stereocenters. The minimum absolute atomic E-state index is 0.121. The third kappa shape index (κ3) is 6.16. The molecule has 30 heavy (non-hydrogen) atoms. The predicted octanol–water partition coefficient (Wildman–Crippen LogP) is 4.51. The van der Waals surface area contributed by atoms with E-state index in [4.69, 9.17) is 4.74 Å². The Labute approximate surface area is 184 Å². The summed E-state index contributed by atoms with van der Waals surface area (Å²) < 4.78 is 34.2. The minimum Gasteiger partial charge on any atom is -0.484 e. The molecular formula is C22H21BrN2O4S. The van der Waals surface area contributed by atoms with Crippen LogP contribution in [0.5, 0.6) is 5.75 Å². The lowest BCUT2D eigenvalue weighted by atomic mass is 10.1. The lowest BCUT2D eigenvalue weighted by Gasteiger charge is -2.15. The Morgan fingerprint density at radius 3 is 2.37 bits per heavy atom. The van der Waals surface area contributed by atoms with E-state index in [-0.39, 0.29) is 23.5 Å². The number of halogens is 1. The Kier molecular flexibility index (Phi) is 7.25. The largest absolute Gasteiger partial charge is 0.484 e. The second-order valence-corrected chi connectivity index (χ2v) is 9.20. The highest BCUT2D eigenvalue weighted by Gasteiger charge is 2.18. The van der Waals surface area contributed by atoms with Crippen LogP contribution in [-0.4, -0.2) is 20.9 Å². The van der Waals surface area contributed by atoms with Crippen molar-refractivity contribution in [1.82, 2.24) is 4.72 Å². The van der Waals surface area contributed by atoms with Gasteiger partial charge in [-0.1, -0.05) is 52.3 Å². The van der Waals surface area contributed by atoms with Gasteiger partial charge >= 0.3 is 0 Å². The van der Waals surface area contributed by atoms with Crippen LogP contribution in [-0.2, 0) is 14.8 Å². The molecule has 1 amide bonds. The number of hydrogen-bond donors (Lipinski definition) is 2. The SMILES string of the molecule is C[C@H](NS(=O)(=O)c1ccc(OCC(=O)Nc2cccc(Br)c2)cc1)c1ccccc1. The summed E-state index contributed by atoms with van der Waals surface area (Å²) in [6.07, 6.45) is 0. The van der Waals surface area contributed by atoms with E-state index >= 15 is 0 Å². The van der Waals surface area contributed by atoms with Crippen molar-refractivity contribution in [2.45, 2.75) is 17.9 Å². The van der Waals surface area contributed by atoms with Crippen molar-refractivity contribution in [2.24, 2.45) is 0 Å². The van der Waals surface area contributed by atoms with Gasteiger partial charge in [0, 0.05) is 16.2 Å². The number of benzene rings is 3. The summed E-state index contributed by atoms with van der Waals surface area (Å²) in [5.41, 5.74) is 1.52. The molecule has 3 aromatic rings. The van der Waals surface area contributed by atoms with Gasteiger partial charge in [-0.15, -0.1) is 0 Å². The van der Waals surface area contributed by atoms with Gasteiger partial charge in [0.1, 0.15) is 5.75 Å². The fourth-order valence-electron chi connectivity index (χ4n) is 2.74. The fraction of sp³-hybridized carbons (Fsp3) is 0.136. The van der Waals surface area contributed by atoms with E-state index in [2.05, 4.69) is 26.0 Å². The number of carbonyl (C=O) groups excluding carboxylic acids is 1. The maximum atomic E-state index is 12.6. The molecular weight excluding hydrogens is 468 g/mol. The number of hydrogen-bond acceptors (Lipinski definition) is 4. The summed E-state index contributed by atoms with van der Waals surface area (Å²) in [5, 5.41) is 2.73. The first kappa shape index (κ1) is 22.0. The molecule has 2 N–H and O–H groups in total. The molecule has 0 radical (unpaired) electrons. The average molecular weight is 489 g/mol. The second-order valence-electron chi connectivity index (χ2n) is 6.57. The van der Waals surface area contributed by atoms with E-state index in [1.807, 2.05) is 42.5 Å². The first-order valence-corrected chi connectivity index (χ1v) is 11.5. The van der Waals surface area contributed by atoms with Crippen LogP contribution in [0.3, 0.4) is 0 Å². The van der Waals surface area contributed by atoms with E-state index in [1.165, 1.54) is 24.3 Å². The Hall–Kier alpha value is -2.68. The van der Waals surface area contributed by atoms with Crippen LogP contribution in [0.15, 0.2) is 88.2 Å². The number of amides is 1. The molecule has 156 valence electrons. The molecule has 1 atom stereocenters. The van der Waals surface area contributed by atoms with Gasteiger partial charge in [-0.3, -0.25) is 4.79 Å². The normalized spacial score (nSPS) is 12.2. The zero-order chi connectivity index (χ0) is 21.6. The Morgan fingerprint density at radius 2 is 1.70 bits per heavy atom. The Morgan fingerprint density at radius 1 is 1.00 bits per heavy atom. The summed E-state index contributed by atoms with van der Waals surface area (Å²) in [5.74, 6) is 0.0811. The van der Waals surface area contributed by atoms with Crippen molar-refractivity contribution >= 4 is 37.5 Å². The summed E-state index contributed by atoms with van der Waals surface area (Å²) >= 11 is 3.34. The molecule has 0 aliphatic carbocycles. The van der Waals surface area contributed by atoms with E-state index < -0.39 is 10.0 Å². The summed E-state index contributed by atoms with van der Waals surface area (Å²) in [4.78, 5) is 12.1. The smallest absolute Gasteiger partial charge is 0.262 e. The third-order valence-electron chi connectivity index (χ3n) is 4.24. The maximum absolute atomic E-state index is 12.6. The number of nitrogens with one attached hydrogen (secondary N) is 2. The molecule has 0 fully saturated rings. The van der Waals surface area contributed by atoms with Gasteiger partial charge < -0.3 is 10.1 Å². The summed E-state index contributed by atoms with van der Waals surface area (Å²) in [7, 11) is -3.69. The molecule has 0 bridgehead atoms. The number of carbonyl (C=O) groups is 1. The minimum atomic E-state index is -3.69. The highest BCUT2D eigenvalue weighted by atomic mass is 79.9. The first-order valence-electron chi connectivity index (χ1n) is 9.19. The molecule has 0 aliphatic rings. The number of ether oxygens (including phenoxy) is 1. The molecule has 3 rings (SSSR count). The zero-order valence-electron chi connectivity index (χ0n) is 16.2. The lowest BCUT2D eigenvalue weighted by molar-refractivity contribution is -0.118. The Bertz CT molecular complexity index is 1100. The summed E-state index contributed by atoms with van der Waals surface area (Å²) in [6, 6.07) is 22.1. The van der Waals surface area contributed by atoms with Gasteiger partial charge in [0.25, 0.3) is 5.91 Å². The molecule has 0 heterocycles. The number of sulfonamides is 1. The molecule has 8 heteroatoms. The van der Waals surface area contributed by atoms with Crippen molar-refractivity contribution in [3.63, 3.8) is 0 Å². The number of rotatable bonds is 8. The quantitative estimate of drug-likeness (QED) is 0.488. The zero-order valence-corrected chi connectivity index (χ0v) is 18.6. The van der Waals surface area contributed by atoms with E-state index in [0.717, 1.165) is 10.0 Å². The van der Waals surface area contributed by atoms with Crippen LogP contribution in [0.2, 0.25) is 0 Å². The third-order valence-corrected chi connectivity index (χ3v) is 6.29. The molecule has 0 aliphatic heterocycles. The van der Waals surface area contributed by atoms with Crippen LogP contribution in [0, 0.1) is 0 Å². The lowest BCUT2D eigenvalue weighted by Crippen LogP contribution is -2.26. The molecule has 6 nitrogen and oxygen atoms in total. The van der Waals surface area contributed by atoms with Crippen molar-refractivity contribution in [1.29, 1.82) is 0 Å². The van der Waals surface area contributed by atoms with Crippen molar-refractivity contribution in [3.8, 4) is 5.75 Å². The standard InChI is InChI=1S/C22H21BrN2O4S/c1-16(17-6-3-2-4-7-17)25-30(27,28)21-12-10-20(11-13-21)29-15-22(26)24-19-9-5-8-18(23)14-19/h2-14,16,25H,15H2,1H3,(H,24,26)/t16-/m0/s1. The van der Waals surface area contributed by atoms with Crippen LogP contribution in [0.1, 0.15) is 18.5 Å². The molecule has 0 saturated carbocycles. The van der Waals surface area contributed by atoms with E-state index in [9.17, 15) is 13.2 Å². The highest BCUT2D eigenvalue weighted by Crippen LogP contribution is 2.20. The van der Waals surface area contributed by atoms with Crippen molar-refractivity contribution in [3.05, 3.63) is 88.9 Å². The molecule has 0 saturated heterocycles.